The molecule has 1 heterocycles. The van der Waals surface area contributed by atoms with Gasteiger partial charge in [-0.1, -0.05) is 12.1 Å². The lowest BCUT2D eigenvalue weighted by molar-refractivity contribution is -0.192. The van der Waals surface area contributed by atoms with E-state index in [1.54, 1.807) is 31.2 Å². The molecule has 1 fully saturated rings. The Morgan fingerprint density at radius 2 is 1.54 bits per heavy atom. The molecule has 4 N–H and O–H groups in total. The smallest absolute Gasteiger partial charge is 0.478 e. The number of halogens is 3. The highest BCUT2D eigenvalue weighted by Crippen LogP contribution is 2.30. The van der Waals surface area contributed by atoms with Crippen molar-refractivity contribution in [1.29, 1.82) is 0 Å². The Labute approximate surface area is 236 Å². The van der Waals surface area contributed by atoms with E-state index < -0.39 is 28.1 Å². The van der Waals surface area contributed by atoms with Crippen molar-refractivity contribution >= 4 is 39.2 Å². The first-order valence-electron chi connectivity index (χ1n) is 12.3. The van der Waals surface area contributed by atoms with Crippen LogP contribution in [0.3, 0.4) is 0 Å². The fraction of sp³-hybridized carbons (Fsp3) is 0.423. The third-order valence-electron chi connectivity index (χ3n) is 5.62. The number of benzene rings is 2. The van der Waals surface area contributed by atoms with Gasteiger partial charge in [0.1, 0.15) is 0 Å². The summed E-state index contributed by atoms with van der Waals surface area (Å²) >= 11 is 0. The maximum absolute atomic E-state index is 13.0. The number of sulfonamides is 1. The summed E-state index contributed by atoms with van der Waals surface area (Å²) in [6, 6.07) is 10.9. The maximum atomic E-state index is 13.0. The molecule has 1 saturated heterocycles. The van der Waals surface area contributed by atoms with Crippen LogP contribution in [0.2, 0.25) is 0 Å². The van der Waals surface area contributed by atoms with Gasteiger partial charge in [-0.25, -0.2) is 18.0 Å². The third-order valence-corrected chi connectivity index (χ3v) is 6.99. The summed E-state index contributed by atoms with van der Waals surface area (Å²) in [4.78, 5) is 36.8. The molecule has 1 aliphatic heterocycles. The van der Waals surface area contributed by atoms with E-state index in [0.717, 1.165) is 5.56 Å². The van der Waals surface area contributed by atoms with Crippen LogP contribution in [0.15, 0.2) is 47.4 Å². The number of carbonyl (C=O) groups is 3. The molecular formula is C26H33F3N4O7S. The fourth-order valence-corrected chi connectivity index (χ4v) is 4.99. The third kappa shape index (κ3) is 10.6. The van der Waals surface area contributed by atoms with Gasteiger partial charge in [0.05, 0.1) is 28.4 Å². The van der Waals surface area contributed by atoms with Crippen molar-refractivity contribution in [2.24, 2.45) is 0 Å². The minimum Gasteiger partial charge on any atom is -0.478 e. The average molecular weight is 603 g/mol. The van der Waals surface area contributed by atoms with Gasteiger partial charge in [0, 0.05) is 31.7 Å². The van der Waals surface area contributed by atoms with Crippen LogP contribution in [-0.4, -0.2) is 85.8 Å². The van der Waals surface area contributed by atoms with Crippen LogP contribution in [0.4, 0.5) is 24.5 Å². The molecule has 1 amide bonds. The number of nitrogens with zero attached hydrogens (tertiary/aromatic N) is 2. The summed E-state index contributed by atoms with van der Waals surface area (Å²) in [5.41, 5.74) is 1.30. The van der Waals surface area contributed by atoms with Crippen molar-refractivity contribution in [3.8, 4) is 0 Å². The number of piperazine rings is 1. The zero-order valence-corrected chi connectivity index (χ0v) is 23.8. The van der Waals surface area contributed by atoms with Gasteiger partial charge in [0.2, 0.25) is 5.91 Å². The molecule has 0 aliphatic carbocycles. The standard InChI is InChI=1S/C24H32N4O5S.C2HF3O2/c1-17-6-5-7-19(14-17)34(32,33)26-20-15-18(23(30)31)8-9-21(20)28-12-10-27(11-13-28)16-22(29)25-24(2,3)4;3-2(4,5)1(6)7/h5-9,14-15,26H,10-13,16H2,1-4H3,(H,25,29)(H,30,31);(H,6,7). The van der Waals surface area contributed by atoms with E-state index in [2.05, 4.69) is 10.0 Å². The van der Waals surface area contributed by atoms with Crippen molar-refractivity contribution in [3.05, 3.63) is 53.6 Å². The van der Waals surface area contributed by atoms with E-state index in [4.69, 9.17) is 9.90 Å². The van der Waals surface area contributed by atoms with Gasteiger partial charge in [-0.05, 0) is 63.6 Å². The molecule has 226 valence electrons. The maximum Gasteiger partial charge on any atom is 0.490 e. The highest BCUT2D eigenvalue weighted by molar-refractivity contribution is 7.92. The molecule has 0 radical (unpaired) electrons. The zero-order chi connectivity index (χ0) is 31.2. The van der Waals surface area contributed by atoms with Crippen LogP contribution < -0.4 is 14.9 Å². The molecule has 0 atom stereocenters. The summed E-state index contributed by atoms with van der Waals surface area (Å²) in [6.07, 6.45) is -5.08. The predicted molar refractivity (Wildman–Crippen MR) is 146 cm³/mol. The Hall–Kier alpha value is -3.85. The quantitative estimate of drug-likeness (QED) is 0.374. The van der Waals surface area contributed by atoms with Crippen molar-refractivity contribution in [3.63, 3.8) is 0 Å². The number of carbonyl (C=O) groups excluding carboxylic acids is 1. The van der Waals surface area contributed by atoms with E-state index in [1.807, 2.05) is 30.6 Å². The van der Waals surface area contributed by atoms with Gasteiger partial charge >= 0.3 is 18.1 Å². The number of aliphatic carboxylic acids is 1. The number of hydrogen-bond donors (Lipinski definition) is 4. The number of carboxylic acid groups (broad SMARTS) is 2. The lowest BCUT2D eigenvalue weighted by atomic mass is 10.1. The van der Waals surface area contributed by atoms with E-state index in [9.17, 15) is 36.3 Å². The first kappa shape index (κ1) is 33.4. The van der Waals surface area contributed by atoms with Gasteiger partial charge in [0.15, 0.2) is 0 Å². The van der Waals surface area contributed by atoms with Crippen molar-refractivity contribution < 1.29 is 46.2 Å². The Morgan fingerprint density at radius 1 is 0.951 bits per heavy atom. The van der Waals surface area contributed by atoms with E-state index >= 15 is 0 Å². The molecule has 2 aromatic rings. The van der Waals surface area contributed by atoms with Gasteiger partial charge < -0.3 is 20.4 Å². The van der Waals surface area contributed by atoms with Crippen LogP contribution >= 0.6 is 0 Å². The molecule has 11 nitrogen and oxygen atoms in total. The SMILES string of the molecule is Cc1cccc(S(=O)(=O)Nc2cc(C(=O)O)ccc2N2CCN(CC(=O)NC(C)(C)C)CC2)c1.O=C(O)C(F)(F)F. The molecule has 0 unspecified atom stereocenters. The van der Waals surface area contributed by atoms with E-state index in [-0.39, 0.29) is 34.1 Å². The van der Waals surface area contributed by atoms with Crippen LogP contribution in [0.25, 0.3) is 0 Å². The summed E-state index contributed by atoms with van der Waals surface area (Å²) in [5.74, 6) is -3.94. The first-order valence-corrected chi connectivity index (χ1v) is 13.8. The number of aryl methyl sites for hydroxylation is 1. The summed E-state index contributed by atoms with van der Waals surface area (Å²) in [6.45, 7) is 10.2. The Kier molecular flexibility index (Phi) is 10.7. The molecule has 41 heavy (non-hydrogen) atoms. The average Bonchev–Trinajstić information content (AvgIpc) is 2.83. The number of hydrogen-bond acceptors (Lipinski definition) is 7. The van der Waals surface area contributed by atoms with Crippen LogP contribution in [0, 0.1) is 6.92 Å². The Balaban J connectivity index is 0.000000745. The lowest BCUT2D eigenvalue weighted by Gasteiger charge is -2.37. The topological polar surface area (TPSA) is 156 Å². The molecule has 0 bridgehead atoms. The second kappa shape index (κ2) is 13.2. The molecule has 0 aromatic heterocycles. The molecule has 2 aromatic carbocycles. The van der Waals surface area contributed by atoms with Crippen molar-refractivity contribution in [2.45, 2.75) is 44.3 Å². The number of aromatic carboxylic acids is 1. The Bertz CT molecular complexity index is 1370. The molecule has 0 saturated carbocycles. The summed E-state index contributed by atoms with van der Waals surface area (Å²) in [7, 11) is -3.92. The highest BCUT2D eigenvalue weighted by atomic mass is 32.2. The first-order chi connectivity index (χ1) is 18.8. The van der Waals surface area contributed by atoms with Gasteiger partial charge in [-0.15, -0.1) is 0 Å². The normalized spacial score (nSPS) is 14.5. The Morgan fingerprint density at radius 3 is 2.02 bits per heavy atom. The number of nitrogens with one attached hydrogen (secondary N) is 2. The second-order valence-electron chi connectivity index (χ2n) is 10.3. The van der Waals surface area contributed by atoms with Gasteiger partial charge in [-0.3, -0.25) is 14.4 Å². The fourth-order valence-electron chi connectivity index (χ4n) is 3.82. The van der Waals surface area contributed by atoms with Crippen LogP contribution in [0.5, 0.6) is 0 Å². The monoisotopic (exact) mass is 602 g/mol. The largest absolute Gasteiger partial charge is 0.490 e. The minimum atomic E-state index is -5.08. The molecule has 1 aliphatic rings. The van der Waals surface area contributed by atoms with E-state index in [1.165, 1.54) is 18.2 Å². The summed E-state index contributed by atoms with van der Waals surface area (Å²) < 4.78 is 60.4. The van der Waals surface area contributed by atoms with Crippen LogP contribution in [0.1, 0.15) is 36.7 Å². The summed E-state index contributed by atoms with van der Waals surface area (Å²) in [5, 5.41) is 19.5. The lowest BCUT2D eigenvalue weighted by Crippen LogP contribution is -2.51. The molecule has 15 heteroatoms. The zero-order valence-electron chi connectivity index (χ0n) is 22.9. The second-order valence-corrected chi connectivity index (χ2v) is 12.0. The molecule has 3 rings (SSSR count). The number of carboxylic acids is 2. The van der Waals surface area contributed by atoms with Crippen LogP contribution in [-0.2, 0) is 19.6 Å². The molecule has 0 spiro atoms. The van der Waals surface area contributed by atoms with E-state index in [0.29, 0.717) is 31.9 Å². The minimum absolute atomic E-state index is 0.0109. The predicted octanol–water partition coefficient (Wildman–Crippen LogP) is 3.16. The van der Waals surface area contributed by atoms with Gasteiger partial charge in [0.25, 0.3) is 10.0 Å². The highest BCUT2D eigenvalue weighted by Gasteiger charge is 2.38. The number of anilines is 2. The number of alkyl halides is 3. The van der Waals surface area contributed by atoms with Gasteiger partial charge in [-0.2, -0.15) is 13.2 Å². The van der Waals surface area contributed by atoms with Crippen molar-refractivity contribution in [1.82, 2.24) is 10.2 Å². The number of rotatable bonds is 7. The number of amides is 1. The van der Waals surface area contributed by atoms with Crippen molar-refractivity contribution in [2.75, 3.05) is 42.3 Å². The molecular weight excluding hydrogens is 569 g/mol.